The Hall–Kier alpha value is -2.58. The van der Waals surface area contributed by atoms with Gasteiger partial charge in [0.25, 0.3) is 0 Å². The normalized spacial score (nSPS) is 14.4. The predicted molar refractivity (Wildman–Crippen MR) is 85.8 cm³/mol. The lowest BCUT2D eigenvalue weighted by Gasteiger charge is -2.30. The molecule has 1 aliphatic rings. The number of nitrogens with zero attached hydrogens (tertiary/aromatic N) is 3. The zero-order chi connectivity index (χ0) is 15.2. The molecule has 0 radical (unpaired) electrons. The topological polar surface area (TPSA) is 61.2 Å². The first kappa shape index (κ1) is 14.4. The highest BCUT2D eigenvalue weighted by atomic mass is 16.5. The second-order valence-electron chi connectivity index (χ2n) is 5.13. The molecule has 0 aliphatic carbocycles. The summed E-state index contributed by atoms with van der Waals surface area (Å²) in [5.41, 5.74) is 3.04. The number of nitriles is 1. The number of para-hydroxylation sites is 1. The zero-order valence-corrected chi connectivity index (χ0v) is 12.3. The summed E-state index contributed by atoms with van der Waals surface area (Å²) in [5.74, 6) is 0.774. The van der Waals surface area contributed by atoms with Gasteiger partial charge in [0.1, 0.15) is 11.9 Å². The van der Waals surface area contributed by atoms with Crippen molar-refractivity contribution < 1.29 is 4.74 Å². The van der Waals surface area contributed by atoms with E-state index < -0.39 is 0 Å². The summed E-state index contributed by atoms with van der Waals surface area (Å²) in [5, 5.41) is 12.1. The minimum absolute atomic E-state index is 0.569. The fourth-order valence-corrected chi connectivity index (χ4v) is 2.52. The standard InChI is InChI=1S/C17H18N4O/c18-11-14-5-6-17(19-12-14)20-13-15-3-1-2-4-16(15)21-7-9-22-10-8-21/h1-6,12H,7-10,13H2,(H,19,20). The first-order chi connectivity index (χ1) is 10.9. The van der Waals surface area contributed by atoms with Crippen LogP contribution < -0.4 is 10.2 Å². The van der Waals surface area contributed by atoms with Crippen molar-refractivity contribution >= 4 is 11.5 Å². The van der Waals surface area contributed by atoms with E-state index in [9.17, 15) is 0 Å². The Balaban J connectivity index is 1.70. The van der Waals surface area contributed by atoms with Crippen LogP contribution in [0.15, 0.2) is 42.6 Å². The number of morpholine rings is 1. The van der Waals surface area contributed by atoms with Crippen molar-refractivity contribution in [2.45, 2.75) is 6.54 Å². The van der Waals surface area contributed by atoms with Crippen LogP contribution in [0.5, 0.6) is 0 Å². The number of benzene rings is 1. The number of aromatic nitrogens is 1. The molecule has 3 rings (SSSR count). The smallest absolute Gasteiger partial charge is 0.126 e. The first-order valence-electron chi connectivity index (χ1n) is 7.37. The Morgan fingerprint density at radius 3 is 2.73 bits per heavy atom. The van der Waals surface area contributed by atoms with Gasteiger partial charge in [-0.05, 0) is 23.8 Å². The van der Waals surface area contributed by atoms with Gasteiger partial charge in [-0.1, -0.05) is 18.2 Å². The molecular formula is C17H18N4O. The molecule has 5 heteroatoms. The maximum Gasteiger partial charge on any atom is 0.126 e. The van der Waals surface area contributed by atoms with Gasteiger partial charge in [0.05, 0.1) is 18.8 Å². The predicted octanol–water partition coefficient (Wildman–Crippen LogP) is 2.40. The molecule has 2 aromatic rings. The molecule has 0 bridgehead atoms. The molecule has 0 spiro atoms. The average Bonchev–Trinajstić information content (AvgIpc) is 2.61. The van der Waals surface area contributed by atoms with Gasteiger partial charge in [0.15, 0.2) is 0 Å². The van der Waals surface area contributed by atoms with E-state index in [1.165, 1.54) is 11.3 Å². The summed E-state index contributed by atoms with van der Waals surface area (Å²) in [6, 6.07) is 14.1. The van der Waals surface area contributed by atoms with E-state index in [2.05, 4.69) is 39.5 Å². The Morgan fingerprint density at radius 2 is 2.00 bits per heavy atom. The van der Waals surface area contributed by atoms with Crippen LogP contribution in [0.4, 0.5) is 11.5 Å². The van der Waals surface area contributed by atoms with Crippen molar-refractivity contribution in [1.29, 1.82) is 5.26 Å². The first-order valence-corrected chi connectivity index (χ1v) is 7.37. The van der Waals surface area contributed by atoms with Crippen LogP contribution in [0.3, 0.4) is 0 Å². The highest BCUT2D eigenvalue weighted by Crippen LogP contribution is 2.22. The minimum Gasteiger partial charge on any atom is -0.378 e. The number of nitrogens with one attached hydrogen (secondary N) is 1. The Kier molecular flexibility index (Phi) is 4.52. The minimum atomic E-state index is 0.569. The number of ether oxygens (including phenoxy) is 1. The van der Waals surface area contributed by atoms with Crippen LogP contribution in [0, 0.1) is 11.3 Å². The Morgan fingerprint density at radius 1 is 1.18 bits per heavy atom. The van der Waals surface area contributed by atoms with Crippen LogP contribution in [0.25, 0.3) is 0 Å². The molecule has 1 fully saturated rings. The highest BCUT2D eigenvalue weighted by Gasteiger charge is 2.14. The third-order valence-electron chi connectivity index (χ3n) is 3.70. The number of anilines is 2. The largest absolute Gasteiger partial charge is 0.378 e. The third kappa shape index (κ3) is 3.35. The molecule has 1 aromatic heterocycles. The van der Waals surface area contributed by atoms with Crippen LogP contribution >= 0.6 is 0 Å². The molecule has 0 atom stereocenters. The van der Waals surface area contributed by atoms with Crippen LogP contribution in [-0.4, -0.2) is 31.3 Å². The Labute approximate surface area is 130 Å². The second-order valence-corrected chi connectivity index (χ2v) is 5.13. The molecule has 1 N–H and O–H groups in total. The van der Waals surface area contributed by atoms with Crippen molar-refractivity contribution in [2.24, 2.45) is 0 Å². The van der Waals surface area contributed by atoms with Crippen LogP contribution in [0.1, 0.15) is 11.1 Å². The van der Waals surface area contributed by atoms with Crippen molar-refractivity contribution in [3.63, 3.8) is 0 Å². The summed E-state index contributed by atoms with van der Waals surface area (Å²) in [6.45, 7) is 4.10. The summed E-state index contributed by atoms with van der Waals surface area (Å²) in [7, 11) is 0. The lowest BCUT2D eigenvalue weighted by Crippen LogP contribution is -2.36. The zero-order valence-electron chi connectivity index (χ0n) is 12.3. The quantitative estimate of drug-likeness (QED) is 0.938. The lowest BCUT2D eigenvalue weighted by molar-refractivity contribution is 0.122. The number of rotatable bonds is 4. The van der Waals surface area contributed by atoms with E-state index in [0.29, 0.717) is 12.1 Å². The van der Waals surface area contributed by atoms with E-state index >= 15 is 0 Å². The fourth-order valence-electron chi connectivity index (χ4n) is 2.52. The molecule has 112 valence electrons. The van der Waals surface area contributed by atoms with E-state index in [-0.39, 0.29) is 0 Å². The molecule has 0 amide bonds. The van der Waals surface area contributed by atoms with Gasteiger partial charge >= 0.3 is 0 Å². The van der Waals surface area contributed by atoms with Gasteiger partial charge in [-0.25, -0.2) is 4.98 Å². The maximum absolute atomic E-state index is 8.79. The molecule has 1 aliphatic heterocycles. The molecule has 5 nitrogen and oxygen atoms in total. The molecule has 1 saturated heterocycles. The van der Waals surface area contributed by atoms with Crippen molar-refractivity contribution in [3.05, 3.63) is 53.7 Å². The van der Waals surface area contributed by atoms with Gasteiger partial charge in [0, 0.05) is 31.5 Å². The molecular weight excluding hydrogens is 276 g/mol. The van der Waals surface area contributed by atoms with Gasteiger partial charge in [0.2, 0.25) is 0 Å². The van der Waals surface area contributed by atoms with Gasteiger partial charge in [-0.15, -0.1) is 0 Å². The monoisotopic (exact) mass is 294 g/mol. The summed E-state index contributed by atoms with van der Waals surface area (Å²) < 4.78 is 5.42. The number of hydrogen-bond donors (Lipinski definition) is 1. The average molecular weight is 294 g/mol. The van der Waals surface area contributed by atoms with Gasteiger partial charge in [-0.2, -0.15) is 5.26 Å². The second kappa shape index (κ2) is 6.92. The van der Waals surface area contributed by atoms with Gasteiger partial charge in [-0.3, -0.25) is 0 Å². The van der Waals surface area contributed by atoms with Gasteiger partial charge < -0.3 is 15.0 Å². The molecule has 0 saturated carbocycles. The number of hydrogen-bond acceptors (Lipinski definition) is 5. The van der Waals surface area contributed by atoms with Crippen molar-refractivity contribution in [3.8, 4) is 6.07 Å². The molecule has 1 aromatic carbocycles. The van der Waals surface area contributed by atoms with E-state index in [1.54, 1.807) is 12.3 Å². The van der Waals surface area contributed by atoms with Crippen LogP contribution in [-0.2, 0) is 11.3 Å². The maximum atomic E-state index is 8.79. The van der Waals surface area contributed by atoms with Crippen molar-refractivity contribution in [1.82, 2.24) is 4.98 Å². The Bertz CT molecular complexity index is 657. The SMILES string of the molecule is N#Cc1ccc(NCc2ccccc2N2CCOCC2)nc1. The number of pyridine rings is 1. The van der Waals surface area contributed by atoms with E-state index in [4.69, 9.17) is 10.00 Å². The van der Waals surface area contributed by atoms with E-state index in [0.717, 1.165) is 32.1 Å². The summed E-state index contributed by atoms with van der Waals surface area (Å²) >= 11 is 0. The highest BCUT2D eigenvalue weighted by molar-refractivity contribution is 5.55. The fraction of sp³-hybridized carbons (Fsp3) is 0.294. The summed E-state index contributed by atoms with van der Waals surface area (Å²) in [6.07, 6.45) is 1.58. The third-order valence-corrected chi connectivity index (χ3v) is 3.70. The van der Waals surface area contributed by atoms with E-state index in [1.807, 2.05) is 12.1 Å². The molecule has 2 heterocycles. The summed E-state index contributed by atoms with van der Waals surface area (Å²) in [4.78, 5) is 6.59. The molecule has 0 unspecified atom stereocenters. The van der Waals surface area contributed by atoms with Crippen molar-refractivity contribution in [2.75, 3.05) is 36.5 Å². The van der Waals surface area contributed by atoms with Crippen LogP contribution in [0.2, 0.25) is 0 Å². The molecule has 22 heavy (non-hydrogen) atoms. The lowest BCUT2D eigenvalue weighted by atomic mass is 10.1.